The summed E-state index contributed by atoms with van der Waals surface area (Å²) in [5.74, 6) is 0. The maximum absolute atomic E-state index is 6.33. The number of furan rings is 1. The van der Waals surface area contributed by atoms with Gasteiger partial charge in [-0.3, -0.25) is 0 Å². The first-order chi connectivity index (χ1) is 21.8. The first-order valence-corrected chi connectivity index (χ1v) is 15.8. The third-order valence-corrected chi connectivity index (χ3v) is 9.56. The highest BCUT2D eigenvalue weighted by molar-refractivity contribution is 6.06. The highest BCUT2D eigenvalue weighted by Gasteiger charge is 2.35. The van der Waals surface area contributed by atoms with Crippen molar-refractivity contribution in [3.8, 4) is 11.1 Å². The molecular formula is C42H35NO. The molecule has 0 bridgehead atoms. The highest BCUT2D eigenvalue weighted by Crippen LogP contribution is 2.46. The summed E-state index contributed by atoms with van der Waals surface area (Å²) in [5.41, 5.74) is 10.5. The SMILES string of the molecule is c1ccc(-c2ccc(N(c3ccc(C4(c5ccccc5)CCCCC4)cc3)c3ccc4c(c3)oc3ccccc34)cc2)cc1. The van der Waals surface area contributed by atoms with Crippen LogP contribution in [0.1, 0.15) is 43.2 Å². The molecule has 0 radical (unpaired) electrons. The molecular weight excluding hydrogens is 534 g/mol. The van der Waals surface area contributed by atoms with Crippen LogP contribution >= 0.6 is 0 Å². The average Bonchev–Trinajstić information content (AvgIpc) is 3.48. The van der Waals surface area contributed by atoms with Crippen LogP contribution in [0.3, 0.4) is 0 Å². The fraction of sp³-hybridized carbons (Fsp3) is 0.143. The lowest BCUT2D eigenvalue weighted by atomic mass is 9.65. The maximum Gasteiger partial charge on any atom is 0.137 e. The van der Waals surface area contributed by atoms with Crippen molar-refractivity contribution in [2.75, 3.05) is 4.90 Å². The molecule has 2 heteroatoms. The van der Waals surface area contributed by atoms with Gasteiger partial charge in [-0.25, -0.2) is 0 Å². The average molecular weight is 570 g/mol. The Bertz CT molecular complexity index is 2020. The van der Waals surface area contributed by atoms with Crippen LogP contribution < -0.4 is 4.90 Å². The van der Waals surface area contributed by atoms with Crippen LogP contribution in [-0.4, -0.2) is 0 Å². The van der Waals surface area contributed by atoms with Gasteiger partial charge in [-0.15, -0.1) is 0 Å². The van der Waals surface area contributed by atoms with Gasteiger partial charge in [0.15, 0.2) is 0 Å². The predicted molar refractivity (Wildman–Crippen MR) is 184 cm³/mol. The molecule has 0 amide bonds. The second-order valence-electron chi connectivity index (χ2n) is 12.1. The molecule has 44 heavy (non-hydrogen) atoms. The number of hydrogen-bond acceptors (Lipinski definition) is 2. The number of anilines is 3. The van der Waals surface area contributed by atoms with Gasteiger partial charge in [-0.2, -0.15) is 0 Å². The monoisotopic (exact) mass is 569 g/mol. The molecule has 2 nitrogen and oxygen atoms in total. The van der Waals surface area contributed by atoms with Gasteiger partial charge in [0.25, 0.3) is 0 Å². The molecule has 0 saturated heterocycles. The van der Waals surface area contributed by atoms with Crippen molar-refractivity contribution in [3.63, 3.8) is 0 Å². The van der Waals surface area contributed by atoms with E-state index < -0.39 is 0 Å². The van der Waals surface area contributed by atoms with Crippen LogP contribution in [0.15, 0.2) is 156 Å². The Morgan fingerprint density at radius 3 is 1.70 bits per heavy atom. The fourth-order valence-electron chi connectivity index (χ4n) is 7.32. The number of fused-ring (bicyclic) bond motifs is 3. The molecule has 0 unspecified atom stereocenters. The second-order valence-corrected chi connectivity index (χ2v) is 12.1. The molecule has 0 spiro atoms. The summed E-state index contributed by atoms with van der Waals surface area (Å²) >= 11 is 0. The Labute approximate surface area is 259 Å². The van der Waals surface area contributed by atoms with E-state index in [0.29, 0.717) is 0 Å². The molecule has 1 fully saturated rings. The molecule has 7 aromatic rings. The van der Waals surface area contributed by atoms with E-state index in [4.69, 9.17) is 4.42 Å². The molecule has 1 aliphatic rings. The number of para-hydroxylation sites is 1. The summed E-state index contributed by atoms with van der Waals surface area (Å²) in [7, 11) is 0. The number of benzene rings is 6. The smallest absolute Gasteiger partial charge is 0.137 e. The number of rotatable bonds is 6. The molecule has 214 valence electrons. The van der Waals surface area contributed by atoms with Crippen molar-refractivity contribution in [1.82, 2.24) is 0 Å². The summed E-state index contributed by atoms with van der Waals surface area (Å²) in [6.45, 7) is 0. The molecule has 8 rings (SSSR count). The van der Waals surface area contributed by atoms with E-state index in [2.05, 4.69) is 144 Å². The lowest BCUT2D eigenvalue weighted by Gasteiger charge is -2.39. The molecule has 6 aromatic carbocycles. The van der Waals surface area contributed by atoms with Gasteiger partial charge in [0.1, 0.15) is 11.2 Å². The third-order valence-electron chi connectivity index (χ3n) is 9.56. The fourth-order valence-corrected chi connectivity index (χ4v) is 7.32. The third kappa shape index (κ3) is 4.68. The van der Waals surface area contributed by atoms with E-state index in [0.717, 1.165) is 39.0 Å². The Balaban J connectivity index is 1.23. The van der Waals surface area contributed by atoms with Crippen LogP contribution in [0, 0.1) is 0 Å². The van der Waals surface area contributed by atoms with E-state index in [-0.39, 0.29) is 5.41 Å². The van der Waals surface area contributed by atoms with Gasteiger partial charge in [0.05, 0.1) is 0 Å². The van der Waals surface area contributed by atoms with Crippen molar-refractivity contribution in [2.24, 2.45) is 0 Å². The minimum Gasteiger partial charge on any atom is -0.456 e. The Kier molecular flexibility index (Phi) is 6.76. The Hall–Kier alpha value is -5.08. The Morgan fingerprint density at radius 2 is 0.977 bits per heavy atom. The maximum atomic E-state index is 6.33. The quantitative estimate of drug-likeness (QED) is 0.198. The summed E-state index contributed by atoms with van der Waals surface area (Å²) in [4.78, 5) is 2.35. The number of hydrogen-bond donors (Lipinski definition) is 0. The second kappa shape index (κ2) is 11.2. The van der Waals surface area contributed by atoms with Crippen LogP contribution in [-0.2, 0) is 5.41 Å². The number of nitrogens with zero attached hydrogens (tertiary/aromatic N) is 1. The highest BCUT2D eigenvalue weighted by atomic mass is 16.3. The summed E-state index contributed by atoms with van der Waals surface area (Å²) in [6.07, 6.45) is 6.26. The Morgan fingerprint density at radius 1 is 0.432 bits per heavy atom. The summed E-state index contributed by atoms with van der Waals surface area (Å²) in [6, 6.07) is 54.9. The topological polar surface area (TPSA) is 16.4 Å². The van der Waals surface area contributed by atoms with E-state index >= 15 is 0 Å². The molecule has 1 heterocycles. The largest absolute Gasteiger partial charge is 0.456 e. The van der Waals surface area contributed by atoms with Crippen molar-refractivity contribution in [2.45, 2.75) is 37.5 Å². The first kappa shape index (κ1) is 26.5. The zero-order chi connectivity index (χ0) is 29.3. The van der Waals surface area contributed by atoms with E-state index in [9.17, 15) is 0 Å². The van der Waals surface area contributed by atoms with Gasteiger partial charge >= 0.3 is 0 Å². The van der Waals surface area contributed by atoms with Gasteiger partial charge in [-0.05, 0) is 77.6 Å². The zero-order valence-electron chi connectivity index (χ0n) is 24.8. The van der Waals surface area contributed by atoms with Gasteiger partial charge < -0.3 is 9.32 Å². The zero-order valence-corrected chi connectivity index (χ0v) is 24.8. The van der Waals surface area contributed by atoms with Gasteiger partial charge in [0.2, 0.25) is 0 Å². The lowest BCUT2D eigenvalue weighted by Crippen LogP contribution is -2.30. The van der Waals surface area contributed by atoms with Crippen molar-refractivity contribution < 1.29 is 4.42 Å². The molecule has 1 saturated carbocycles. The molecule has 0 N–H and O–H groups in total. The molecule has 0 aliphatic heterocycles. The molecule has 1 aromatic heterocycles. The van der Waals surface area contributed by atoms with Crippen LogP contribution in [0.5, 0.6) is 0 Å². The predicted octanol–water partition coefficient (Wildman–Crippen LogP) is 12.0. The first-order valence-electron chi connectivity index (χ1n) is 15.8. The normalized spacial score (nSPS) is 14.5. The van der Waals surface area contributed by atoms with E-state index in [1.165, 1.54) is 54.4 Å². The van der Waals surface area contributed by atoms with E-state index in [1.807, 2.05) is 12.1 Å². The van der Waals surface area contributed by atoms with Crippen LogP contribution in [0.2, 0.25) is 0 Å². The van der Waals surface area contributed by atoms with Gasteiger partial charge in [-0.1, -0.05) is 122 Å². The summed E-state index contributed by atoms with van der Waals surface area (Å²) in [5, 5.41) is 2.29. The van der Waals surface area contributed by atoms with Crippen LogP contribution in [0.25, 0.3) is 33.1 Å². The minimum atomic E-state index is 0.0768. The molecule has 0 atom stereocenters. The van der Waals surface area contributed by atoms with Crippen molar-refractivity contribution >= 4 is 39.0 Å². The van der Waals surface area contributed by atoms with Crippen LogP contribution in [0.4, 0.5) is 17.1 Å². The summed E-state index contributed by atoms with van der Waals surface area (Å²) < 4.78 is 6.33. The minimum absolute atomic E-state index is 0.0768. The van der Waals surface area contributed by atoms with E-state index in [1.54, 1.807) is 0 Å². The molecule has 1 aliphatic carbocycles. The van der Waals surface area contributed by atoms with Gasteiger partial charge in [0, 0.05) is 39.3 Å². The standard InChI is InChI=1S/C42H35NO/c1-4-12-31(13-5-1)32-18-22-35(23-19-32)43(37-26-27-39-38-16-8-9-17-40(38)44-41(39)30-37)36-24-20-34(21-25-36)42(28-10-3-11-29-42)33-14-6-2-7-15-33/h1-2,4-9,12-27,30H,3,10-11,28-29H2. The van der Waals surface area contributed by atoms with Crippen molar-refractivity contribution in [3.05, 3.63) is 163 Å². The van der Waals surface area contributed by atoms with Crippen molar-refractivity contribution in [1.29, 1.82) is 0 Å². The lowest BCUT2D eigenvalue weighted by molar-refractivity contribution is 0.346.